The number of carbonyl (C=O) groups is 2. The van der Waals surface area contributed by atoms with Crippen LogP contribution >= 0.6 is 0 Å². The quantitative estimate of drug-likeness (QED) is 0.482. The second kappa shape index (κ2) is 5.68. The van der Waals surface area contributed by atoms with Crippen molar-refractivity contribution in [2.75, 3.05) is 0 Å². The molecule has 0 saturated heterocycles. The highest BCUT2D eigenvalue weighted by Gasteiger charge is 2.26. The number of carbonyl (C=O) groups excluding carboxylic acids is 2. The lowest BCUT2D eigenvalue weighted by Gasteiger charge is -2.15. The second-order valence-corrected chi connectivity index (χ2v) is 4.64. The summed E-state index contributed by atoms with van der Waals surface area (Å²) in [6, 6.07) is 3.89. The minimum atomic E-state index is -0.768. The average Bonchev–Trinajstić information content (AvgIpc) is 3.22. The first-order chi connectivity index (χ1) is 9.51. The van der Waals surface area contributed by atoms with Crippen molar-refractivity contribution in [3.8, 4) is 5.75 Å². The molecule has 0 bridgehead atoms. The Morgan fingerprint density at radius 3 is 2.80 bits per heavy atom. The van der Waals surface area contributed by atoms with E-state index < -0.39 is 11.0 Å². The number of nitro benzene ring substituents is 1. The van der Waals surface area contributed by atoms with Crippen LogP contribution in [0.1, 0.15) is 30.1 Å². The Morgan fingerprint density at radius 1 is 1.55 bits per heavy atom. The molecule has 2 rings (SSSR count). The summed E-state index contributed by atoms with van der Waals surface area (Å²) in [5, 5.41) is 13.4. The summed E-state index contributed by atoms with van der Waals surface area (Å²) in [6.07, 6.45) is 1.63. The summed E-state index contributed by atoms with van der Waals surface area (Å²) in [7, 11) is 0. The third kappa shape index (κ3) is 3.31. The molecule has 0 aliphatic heterocycles. The smallest absolute Gasteiger partial charge is 0.270 e. The van der Waals surface area contributed by atoms with Gasteiger partial charge in [-0.05, 0) is 25.8 Å². The topological polar surface area (TPSA) is 98.5 Å². The van der Waals surface area contributed by atoms with E-state index in [1.165, 1.54) is 12.1 Å². The van der Waals surface area contributed by atoms with Gasteiger partial charge in [0.2, 0.25) is 0 Å². The van der Waals surface area contributed by atoms with Gasteiger partial charge in [-0.25, -0.2) is 0 Å². The fourth-order valence-corrected chi connectivity index (χ4v) is 1.64. The number of hydrogen-bond donors (Lipinski definition) is 1. The van der Waals surface area contributed by atoms with Gasteiger partial charge in [0.25, 0.3) is 11.6 Å². The molecule has 7 heteroatoms. The Hall–Kier alpha value is -2.44. The third-order valence-electron chi connectivity index (χ3n) is 2.93. The maximum atomic E-state index is 11.7. The first-order valence-electron chi connectivity index (χ1n) is 6.22. The molecule has 106 valence electrons. The molecule has 1 saturated carbocycles. The summed E-state index contributed by atoms with van der Waals surface area (Å²) in [5.41, 5.74) is -0.153. The van der Waals surface area contributed by atoms with Gasteiger partial charge < -0.3 is 10.1 Å². The van der Waals surface area contributed by atoms with Gasteiger partial charge >= 0.3 is 0 Å². The molecular weight excluding hydrogens is 264 g/mol. The van der Waals surface area contributed by atoms with Crippen LogP contribution in [-0.2, 0) is 4.79 Å². The van der Waals surface area contributed by atoms with Crippen LogP contribution in [-0.4, -0.2) is 29.3 Å². The van der Waals surface area contributed by atoms with Crippen LogP contribution in [0.4, 0.5) is 5.69 Å². The average molecular weight is 278 g/mol. The van der Waals surface area contributed by atoms with Crippen molar-refractivity contribution in [3.05, 3.63) is 33.9 Å². The number of ether oxygens (including phenoxy) is 1. The summed E-state index contributed by atoms with van der Waals surface area (Å²) in [4.78, 5) is 32.7. The highest BCUT2D eigenvalue weighted by atomic mass is 16.6. The molecule has 1 aliphatic carbocycles. The van der Waals surface area contributed by atoms with Crippen LogP contribution in [0.15, 0.2) is 18.2 Å². The van der Waals surface area contributed by atoms with E-state index in [9.17, 15) is 19.7 Å². The molecule has 1 fully saturated rings. The number of amides is 1. The summed E-state index contributed by atoms with van der Waals surface area (Å²) < 4.78 is 5.40. The lowest BCUT2D eigenvalue weighted by Crippen LogP contribution is -2.37. The molecule has 0 heterocycles. The summed E-state index contributed by atoms with van der Waals surface area (Å²) in [5.74, 6) is -0.105. The van der Waals surface area contributed by atoms with Crippen molar-refractivity contribution in [2.45, 2.75) is 31.9 Å². The fraction of sp³-hybridized carbons (Fsp3) is 0.385. The Balaban J connectivity index is 2.09. The Morgan fingerprint density at radius 2 is 2.25 bits per heavy atom. The van der Waals surface area contributed by atoms with E-state index in [0.717, 1.165) is 18.9 Å². The molecule has 1 aliphatic rings. The van der Waals surface area contributed by atoms with Crippen LogP contribution in [0.5, 0.6) is 5.75 Å². The first-order valence-corrected chi connectivity index (χ1v) is 6.22. The lowest BCUT2D eigenvalue weighted by atomic mass is 10.2. The van der Waals surface area contributed by atoms with Gasteiger partial charge in [-0.3, -0.25) is 19.7 Å². The third-order valence-corrected chi connectivity index (χ3v) is 2.93. The van der Waals surface area contributed by atoms with Crippen molar-refractivity contribution < 1.29 is 19.2 Å². The number of non-ortho nitro benzene ring substituents is 1. The molecule has 1 amide bonds. The van der Waals surface area contributed by atoms with Gasteiger partial charge in [0, 0.05) is 18.2 Å². The van der Waals surface area contributed by atoms with Crippen LogP contribution in [0.25, 0.3) is 0 Å². The molecule has 0 aromatic heterocycles. The molecule has 20 heavy (non-hydrogen) atoms. The van der Waals surface area contributed by atoms with E-state index in [0.29, 0.717) is 6.29 Å². The fourth-order valence-electron chi connectivity index (χ4n) is 1.64. The van der Waals surface area contributed by atoms with Gasteiger partial charge in [0.15, 0.2) is 12.4 Å². The Kier molecular flexibility index (Phi) is 3.97. The van der Waals surface area contributed by atoms with Crippen molar-refractivity contribution in [3.63, 3.8) is 0 Å². The van der Waals surface area contributed by atoms with Crippen molar-refractivity contribution >= 4 is 17.9 Å². The molecule has 0 radical (unpaired) electrons. The maximum absolute atomic E-state index is 11.7. The normalized spacial score (nSPS) is 15.2. The maximum Gasteiger partial charge on any atom is 0.270 e. The monoisotopic (exact) mass is 278 g/mol. The van der Waals surface area contributed by atoms with Crippen molar-refractivity contribution in [2.24, 2.45) is 0 Å². The van der Waals surface area contributed by atoms with E-state index in [1.54, 1.807) is 6.92 Å². The predicted octanol–water partition coefficient (Wildman–Crippen LogP) is 1.45. The molecule has 1 atom stereocenters. The van der Waals surface area contributed by atoms with Crippen LogP contribution in [0.3, 0.4) is 0 Å². The lowest BCUT2D eigenvalue weighted by molar-refractivity contribution is -0.384. The van der Waals surface area contributed by atoms with Crippen molar-refractivity contribution in [1.82, 2.24) is 5.32 Å². The van der Waals surface area contributed by atoms with Gasteiger partial charge in [-0.15, -0.1) is 0 Å². The standard InChI is InChI=1S/C13H14N2O5/c1-8(13(17)14-10-2-3-10)20-12-5-4-11(15(18)19)6-9(12)7-16/h4-8,10H,2-3H2,1H3,(H,14,17). The summed E-state index contributed by atoms with van der Waals surface area (Å²) >= 11 is 0. The van der Waals surface area contributed by atoms with Crippen LogP contribution in [0, 0.1) is 10.1 Å². The number of benzene rings is 1. The number of hydrogen-bond acceptors (Lipinski definition) is 5. The predicted molar refractivity (Wildman–Crippen MR) is 69.7 cm³/mol. The Labute approximate surface area is 115 Å². The van der Waals surface area contributed by atoms with Crippen LogP contribution < -0.4 is 10.1 Å². The molecule has 1 N–H and O–H groups in total. The zero-order valence-corrected chi connectivity index (χ0v) is 10.9. The van der Waals surface area contributed by atoms with Gasteiger partial charge in [-0.1, -0.05) is 0 Å². The number of aldehydes is 1. The number of nitrogens with zero attached hydrogens (tertiary/aromatic N) is 1. The van der Waals surface area contributed by atoms with E-state index in [2.05, 4.69) is 5.32 Å². The van der Waals surface area contributed by atoms with E-state index in [4.69, 9.17) is 4.74 Å². The number of rotatable bonds is 6. The van der Waals surface area contributed by atoms with E-state index in [-0.39, 0.29) is 28.9 Å². The number of nitro groups is 1. The largest absolute Gasteiger partial charge is 0.480 e. The Bertz CT molecular complexity index is 554. The number of nitrogens with one attached hydrogen (secondary N) is 1. The molecule has 7 nitrogen and oxygen atoms in total. The zero-order chi connectivity index (χ0) is 14.7. The molecule has 0 spiro atoms. The highest BCUT2D eigenvalue weighted by molar-refractivity contribution is 5.83. The van der Waals surface area contributed by atoms with Crippen molar-refractivity contribution in [1.29, 1.82) is 0 Å². The second-order valence-electron chi connectivity index (χ2n) is 4.64. The van der Waals surface area contributed by atoms with Crippen LogP contribution in [0.2, 0.25) is 0 Å². The molecule has 1 unspecified atom stereocenters. The molecule has 1 aromatic carbocycles. The van der Waals surface area contributed by atoms with E-state index in [1.807, 2.05) is 0 Å². The van der Waals surface area contributed by atoms with E-state index >= 15 is 0 Å². The van der Waals surface area contributed by atoms with Gasteiger partial charge in [0.05, 0.1) is 10.5 Å². The highest BCUT2D eigenvalue weighted by Crippen LogP contribution is 2.24. The minimum absolute atomic E-state index is 0.0465. The van der Waals surface area contributed by atoms with Gasteiger partial charge in [-0.2, -0.15) is 0 Å². The SMILES string of the molecule is CC(Oc1ccc([N+](=O)[O-])cc1C=O)C(=O)NC1CC1. The minimum Gasteiger partial charge on any atom is -0.480 e. The van der Waals surface area contributed by atoms with Gasteiger partial charge in [0.1, 0.15) is 5.75 Å². The molecule has 1 aromatic rings. The zero-order valence-electron chi connectivity index (χ0n) is 10.9. The summed E-state index contributed by atoms with van der Waals surface area (Å²) in [6.45, 7) is 1.56. The molecular formula is C13H14N2O5. The first kappa shape index (κ1) is 14.0.